The molecule has 1 aromatic rings. The van der Waals surface area contributed by atoms with Crippen molar-refractivity contribution in [1.29, 1.82) is 0 Å². The summed E-state index contributed by atoms with van der Waals surface area (Å²) in [4.78, 5) is 2.36. The molecule has 0 bridgehead atoms. The molecule has 1 aliphatic rings. The van der Waals surface area contributed by atoms with Crippen LogP contribution in [0, 0.1) is 17.3 Å². The van der Waals surface area contributed by atoms with E-state index >= 15 is 0 Å². The molecule has 1 aliphatic carbocycles. The molecular formula is C17H29NOS. The molecule has 0 aliphatic heterocycles. The highest BCUT2D eigenvalue weighted by molar-refractivity contribution is 7.07. The predicted octanol–water partition coefficient (Wildman–Crippen LogP) is 4.00. The molecule has 2 rings (SSSR count). The third-order valence-electron chi connectivity index (χ3n) is 4.75. The fourth-order valence-electron chi connectivity index (χ4n) is 3.39. The number of hydrogen-bond donors (Lipinski definition) is 1. The molecule has 1 saturated carbocycles. The lowest BCUT2D eigenvalue weighted by atomic mass is 9.68. The van der Waals surface area contributed by atoms with Gasteiger partial charge in [-0.15, -0.1) is 0 Å². The normalized spacial score (nSPS) is 28.0. The van der Waals surface area contributed by atoms with Crippen molar-refractivity contribution in [3.05, 3.63) is 22.4 Å². The Kier molecular flexibility index (Phi) is 5.27. The van der Waals surface area contributed by atoms with Crippen LogP contribution in [0.5, 0.6) is 0 Å². The molecule has 0 radical (unpaired) electrons. The molecule has 3 heteroatoms. The topological polar surface area (TPSA) is 23.5 Å². The van der Waals surface area contributed by atoms with Gasteiger partial charge in [0.2, 0.25) is 0 Å². The van der Waals surface area contributed by atoms with Crippen LogP contribution in [0.15, 0.2) is 16.8 Å². The Morgan fingerprint density at radius 3 is 2.70 bits per heavy atom. The molecule has 0 saturated heterocycles. The molecule has 1 fully saturated rings. The van der Waals surface area contributed by atoms with Crippen molar-refractivity contribution >= 4 is 11.3 Å². The third-order valence-corrected chi connectivity index (χ3v) is 5.48. The van der Waals surface area contributed by atoms with Gasteiger partial charge in [0.05, 0.1) is 6.10 Å². The van der Waals surface area contributed by atoms with Crippen molar-refractivity contribution < 1.29 is 5.11 Å². The van der Waals surface area contributed by atoms with Gasteiger partial charge in [-0.1, -0.05) is 20.8 Å². The lowest BCUT2D eigenvalue weighted by Crippen LogP contribution is -2.40. The second kappa shape index (κ2) is 6.59. The molecule has 1 aromatic heterocycles. The Labute approximate surface area is 127 Å². The molecule has 0 amide bonds. The monoisotopic (exact) mass is 295 g/mol. The largest absolute Gasteiger partial charge is 0.393 e. The van der Waals surface area contributed by atoms with Crippen LogP contribution in [-0.2, 0) is 6.54 Å². The Morgan fingerprint density at radius 1 is 1.35 bits per heavy atom. The van der Waals surface area contributed by atoms with E-state index in [1.54, 1.807) is 11.3 Å². The summed E-state index contributed by atoms with van der Waals surface area (Å²) in [5, 5.41) is 14.7. The first-order valence-corrected chi connectivity index (χ1v) is 8.68. The molecule has 1 heterocycles. The molecule has 3 unspecified atom stereocenters. The number of aliphatic hydroxyl groups excluding tert-OH is 1. The van der Waals surface area contributed by atoms with Crippen LogP contribution in [0.2, 0.25) is 0 Å². The zero-order valence-corrected chi connectivity index (χ0v) is 14.1. The quantitative estimate of drug-likeness (QED) is 0.907. The maximum absolute atomic E-state index is 10.3. The maximum Gasteiger partial charge on any atom is 0.0580 e. The average molecular weight is 295 g/mol. The van der Waals surface area contributed by atoms with Gasteiger partial charge in [0.15, 0.2) is 0 Å². The highest BCUT2D eigenvalue weighted by Crippen LogP contribution is 2.40. The van der Waals surface area contributed by atoms with E-state index in [1.165, 1.54) is 18.4 Å². The van der Waals surface area contributed by atoms with Gasteiger partial charge in [-0.3, -0.25) is 0 Å². The fourth-order valence-corrected chi connectivity index (χ4v) is 4.05. The zero-order chi connectivity index (χ0) is 14.8. The molecule has 0 spiro atoms. The predicted molar refractivity (Wildman–Crippen MR) is 86.9 cm³/mol. The summed E-state index contributed by atoms with van der Waals surface area (Å²) >= 11 is 1.76. The van der Waals surface area contributed by atoms with Crippen molar-refractivity contribution in [2.24, 2.45) is 17.3 Å². The van der Waals surface area contributed by atoms with E-state index in [-0.39, 0.29) is 6.10 Å². The second-order valence-corrected chi connectivity index (χ2v) is 8.31. The van der Waals surface area contributed by atoms with E-state index in [0.717, 1.165) is 25.4 Å². The number of nitrogens with zero attached hydrogens (tertiary/aromatic N) is 1. The number of thiophene rings is 1. The number of rotatable bonds is 4. The van der Waals surface area contributed by atoms with Gasteiger partial charge in [-0.25, -0.2) is 0 Å². The lowest BCUT2D eigenvalue weighted by molar-refractivity contribution is 0.00561. The van der Waals surface area contributed by atoms with Crippen LogP contribution < -0.4 is 0 Å². The third kappa shape index (κ3) is 4.31. The maximum atomic E-state index is 10.3. The Morgan fingerprint density at radius 2 is 2.10 bits per heavy atom. The van der Waals surface area contributed by atoms with Crippen LogP contribution in [0.3, 0.4) is 0 Å². The Balaban J connectivity index is 1.89. The van der Waals surface area contributed by atoms with E-state index in [9.17, 15) is 5.11 Å². The first-order chi connectivity index (χ1) is 9.36. The first-order valence-electron chi connectivity index (χ1n) is 7.74. The summed E-state index contributed by atoms with van der Waals surface area (Å²) in [6.45, 7) is 9.00. The Bertz CT molecular complexity index is 396. The zero-order valence-electron chi connectivity index (χ0n) is 13.3. The van der Waals surface area contributed by atoms with Crippen molar-refractivity contribution in [3.63, 3.8) is 0 Å². The molecule has 20 heavy (non-hydrogen) atoms. The molecule has 3 atom stereocenters. The van der Waals surface area contributed by atoms with E-state index in [1.807, 2.05) is 0 Å². The van der Waals surface area contributed by atoms with Gasteiger partial charge in [-0.05, 0) is 66.0 Å². The fraction of sp³-hybridized carbons (Fsp3) is 0.765. The number of aliphatic hydroxyl groups is 1. The van der Waals surface area contributed by atoms with Gasteiger partial charge in [0, 0.05) is 13.1 Å². The summed E-state index contributed by atoms with van der Waals surface area (Å²) < 4.78 is 0. The van der Waals surface area contributed by atoms with Crippen LogP contribution in [0.1, 0.15) is 45.6 Å². The minimum absolute atomic E-state index is 0.112. The summed E-state index contributed by atoms with van der Waals surface area (Å²) in [7, 11) is 2.17. The first kappa shape index (κ1) is 16.0. The van der Waals surface area contributed by atoms with E-state index < -0.39 is 0 Å². The van der Waals surface area contributed by atoms with Gasteiger partial charge in [-0.2, -0.15) is 11.3 Å². The summed E-state index contributed by atoms with van der Waals surface area (Å²) in [5.74, 6) is 1.17. The highest BCUT2D eigenvalue weighted by atomic mass is 32.1. The average Bonchev–Trinajstić information content (AvgIpc) is 2.83. The number of hydrogen-bond acceptors (Lipinski definition) is 3. The van der Waals surface area contributed by atoms with Crippen LogP contribution in [-0.4, -0.2) is 29.7 Å². The van der Waals surface area contributed by atoms with Crippen molar-refractivity contribution in [1.82, 2.24) is 4.90 Å². The van der Waals surface area contributed by atoms with Crippen LogP contribution >= 0.6 is 11.3 Å². The lowest BCUT2D eigenvalue weighted by Gasteiger charge is -2.41. The summed E-state index contributed by atoms with van der Waals surface area (Å²) in [5.41, 5.74) is 1.75. The van der Waals surface area contributed by atoms with E-state index in [0.29, 0.717) is 11.3 Å². The Hall–Kier alpha value is -0.380. The highest BCUT2D eigenvalue weighted by Gasteiger charge is 2.35. The van der Waals surface area contributed by atoms with Gasteiger partial charge in [0.1, 0.15) is 0 Å². The minimum Gasteiger partial charge on any atom is -0.393 e. The molecule has 1 N–H and O–H groups in total. The SMILES string of the molecule is CN(Cc1ccsc1)CC1CC(C(C)(C)C)CCC1O. The second-order valence-electron chi connectivity index (χ2n) is 7.53. The van der Waals surface area contributed by atoms with Gasteiger partial charge < -0.3 is 10.0 Å². The minimum atomic E-state index is -0.112. The van der Waals surface area contributed by atoms with Gasteiger partial charge in [0.25, 0.3) is 0 Å². The van der Waals surface area contributed by atoms with Crippen molar-refractivity contribution in [3.8, 4) is 0 Å². The van der Waals surface area contributed by atoms with Crippen LogP contribution in [0.4, 0.5) is 0 Å². The summed E-state index contributed by atoms with van der Waals surface area (Å²) in [6, 6.07) is 2.19. The van der Waals surface area contributed by atoms with E-state index in [4.69, 9.17) is 0 Å². The summed E-state index contributed by atoms with van der Waals surface area (Å²) in [6.07, 6.45) is 3.20. The molecule has 2 nitrogen and oxygen atoms in total. The molecule has 114 valence electrons. The van der Waals surface area contributed by atoms with E-state index in [2.05, 4.69) is 49.5 Å². The van der Waals surface area contributed by atoms with Crippen LogP contribution in [0.25, 0.3) is 0 Å². The molecule has 0 aromatic carbocycles. The standard InChI is InChI=1S/C17H29NOS/c1-17(2,3)15-5-6-16(19)14(9-15)11-18(4)10-13-7-8-20-12-13/h7-8,12,14-16,19H,5-6,9-11H2,1-4H3. The van der Waals surface area contributed by atoms with Crippen molar-refractivity contribution in [2.75, 3.05) is 13.6 Å². The molecular weight excluding hydrogens is 266 g/mol. The van der Waals surface area contributed by atoms with Gasteiger partial charge >= 0.3 is 0 Å². The van der Waals surface area contributed by atoms with Crippen molar-refractivity contribution in [2.45, 2.75) is 52.7 Å². The smallest absolute Gasteiger partial charge is 0.0580 e.